The smallest absolute Gasteiger partial charge is 0.252 e. The summed E-state index contributed by atoms with van der Waals surface area (Å²) in [5.41, 5.74) is 0.954. The molecule has 1 atom stereocenters. The summed E-state index contributed by atoms with van der Waals surface area (Å²) in [5, 5.41) is 0. The molecule has 28 heavy (non-hydrogen) atoms. The van der Waals surface area contributed by atoms with Crippen molar-refractivity contribution in [1.82, 2.24) is 8.87 Å². The summed E-state index contributed by atoms with van der Waals surface area (Å²) in [6.45, 7) is 1.71. The molecular formula is C18H25N3O5S2. The summed E-state index contributed by atoms with van der Waals surface area (Å²) >= 11 is 1.41. The van der Waals surface area contributed by atoms with Crippen LogP contribution in [0.1, 0.15) is 12.8 Å². The molecular weight excluding hydrogens is 402 g/mol. The SMILES string of the molecule is COCCn1c(=NC(=O)C2CCCN(S(C)(=O)=O)C2)sc2cc(OC)ccc21. The maximum Gasteiger partial charge on any atom is 0.252 e. The number of amides is 1. The number of sulfonamides is 1. The lowest BCUT2D eigenvalue weighted by Gasteiger charge is -2.28. The van der Waals surface area contributed by atoms with Gasteiger partial charge in [-0.3, -0.25) is 4.79 Å². The first-order chi connectivity index (χ1) is 13.3. The molecule has 3 rings (SSSR count). The molecule has 1 aromatic carbocycles. The highest BCUT2D eigenvalue weighted by molar-refractivity contribution is 7.88. The molecule has 0 N–H and O–H groups in total. The average molecular weight is 428 g/mol. The monoisotopic (exact) mass is 427 g/mol. The largest absolute Gasteiger partial charge is 0.497 e. The lowest BCUT2D eigenvalue weighted by atomic mass is 9.99. The second kappa shape index (κ2) is 8.73. The molecule has 1 amide bonds. The number of hydrogen-bond acceptors (Lipinski definition) is 6. The zero-order valence-corrected chi connectivity index (χ0v) is 17.9. The number of ether oxygens (including phenoxy) is 2. The third-order valence-electron chi connectivity index (χ3n) is 4.82. The molecule has 0 aliphatic carbocycles. The van der Waals surface area contributed by atoms with Gasteiger partial charge in [-0.15, -0.1) is 0 Å². The molecule has 1 fully saturated rings. The molecule has 10 heteroatoms. The molecule has 1 aliphatic rings. The Balaban J connectivity index is 1.96. The summed E-state index contributed by atoms with van der Waals surface area (Å²) in [5.74, 6) is 0.0405. The van der Waals surface area contributed by atoms with E-state index in [1.165, 1.54) is 21.9 Å². The van der Waals surface area contributed by atoms with Crippen molar-refractivity contribution in [1.29, 1.82) is 0 Å². The zero-order valence-electron chi connectivity index (χ0n) is 16.3. The number of nitrogens with zero attached hydrogens (tertiary/aromatic N) is 3. The van der Waals surface area contributed by atoms with Crippen LogP contribution in [-0.2, 0) is 26.1 Å². The second-order valence-corrected chi connectivity index (χ2v) is 9.76. The van der Waals surface area contributed by atoms with Crippen molar-refractivity contribution >= 4 is 37.5 Å². The third-order valence-corrected chi connectivity index (χ3v) is 7.13. The molecule has 1 saturated heterocycles. The maximum atomic E-state index is 12.8. The minimum absolute atomic E-state index is 0.192. The fourth-order valence-electron chi connectivity index (χ4n) is 3.30. The topological polar surface area (TPSA) is 90.2 Å². The molecule has 1 aliphatic heterocycles. The number of rotatable bonds is 6. The van der Waals surface area contributed by atoms with Crippen LogP contribution in [0.15, 0.2) is 23.2 Å². The van der Waals surface area contributed by atoms with E-state index < -0.39 is 15.9 Å². The first kappa shape index (κ1) is 21.0. The molecule has 1 aromatic heterocycles. The fraction of sp³-hybridized carbons (Fsp3) is 0.556. The van der Waals surface area contributed by atoms with Crippen LogP contribution in [0.4, 0.5) is 0 Å². The van der Waals surface area contributed by atoms with E-state index in [1.807, 2.05) is 22.8 Å². The number of carbonyl (C=O) groups is 1. The molecule has 0 bridgehead atoms. The standard InChI is InChI=1S/C18H25N3O5S2/c1-25-10-9-21-15-7-6-14(26-2)11-16(15)27-18(21)19-17(22)13-5-4-8-20(12-13)28(3,23)24/h6-7,11,13H,4-5,8-10,12H2,1-3H3. The molecule has 2 heterocycles. The number of fused-ring (bicyclic) bond motifs is 1. The van der Waals surface area contributed by atoms with Crippen molar-refractivity contribution in [2.45, 2.75) is 19.4 Å². The van der Waals surface area contributed by atoms with E-state index in [9.17, 15) is 13.2 Å². The minimum atomic E-state index is -3.31. The summed E-state index contributed by atoms with van der Waals surface area (Å²) in [4.78, 5) is 17.8. The number of piperidine rings is 1. The van der Waals surface area contributed by atoms with Crippen molar-refractivity contribution in [3.05, 3.63) is 23.0 Å². The van der Waals surface area contributed by atoms with E-state index in [0.29, 0.717) is 37.3 Å². The lowest BCUT2D eigenvalue weighted by Crippen LogP contribution is -2.41. The molecule has 1 unspecified atom stereocenters. The van der Waals surface area contributed by atoms with Gasteiger partial charge in [-0.2, -0.15) is 4.99 Å². The lowest BCUT2D eigenvalue weighted by molar-refractivity contribution is -0.122. The van der Waals surface area contributed by atoms with Gasteiger partial charge in [0.25, 0.3) is 5.91 Å². The van der Waals surface area contributed by atoms with Crippen molar-refractivity contribution in [2.75, 3.05) is 40.2 Å². The fourth-order valence-corrected chi connectivity index (χ4v) is 5.30. The maximum absolute atomic E-state index is 12.8. The van der Waals surface area contributed by atoms with Crippen LogP contribution >= 0.6 is 11.3 Å². The Hall–Kier alpha value is -1.75. The van der Waals surface area contributed by atoms with Gasteiger partial charge in [0.1, 0.15) is 5.75 Å². The van der Waals surface area contributed by atoms with Crippen LogP contribution in [0.3, 0.4) is 0 Å². The Bertz CT molecular complexity index is 1030. The molecule has 0 radical (unpaired) electrons. The van der Waals surface area contributed by atoms with E-state index in [2.05, 4.69) is 4.99 Å². The Kier molecular flexibility index (Phi) is 6.54. The highest BCUT2D eigenvalue weighted by Crippen LogP contribution is 2.24. The van der Waals surface area contributed by atoms with Gasteiger partial charge >= 0.3 is 0 Å². The first-order valence-electron chi connectivity index (χ1n) is 9.03. The molecule has 154 valence electrons. The summed E-state index contributed by atoms with van der Waals surface area (Å²) in [7, 11) is -0.0699. The number of benzene rings is 1. The predicted octanol–water partition coefficient (Wildman–Crippen LogP) is 1.46. The Morgan fingerprint density at radius 1 is 1.36 bits per heavy atom. The number of carbonyl (C=O) groups excluding carboxylic acids is 1. The van der Waals surface area contributed by atoms with Crippen LogP contribution in [0.5, 0.6) is 5.75 Å². The van der Waals surface area contributed by atoms with Gasteiger partial charge in [0.05, 0.1) is 36.1 Å². The Morgan fingerprint density at radius 2 is 2.14 bits per heavy atom. The van der Waals surface area contributed by atoms with E-state index in [-0.39, 0.29) is 12.5 Å². The highest BCUT2D eigenvalue weighted by atomic mass is 32.2. The van der Waals surface area contributed by atoms with Gasteiger partial charge in [0, 0.05) is 26.7 Å². The summed E-state index contributed by atoms with van der Waals surface area (Å²) in [6.07, 6.45) is 2.48. The van der Waals surface area contributed by atoms with Crippen LogP contribution in [0.2, 0.25) is 0 Å². The Labute approximate surface area is 168 Å². The van der Waals surface area contributed by atoms with Gasteiger partial charge in [-0.25, -0.2) is 12.7 Å². The number of methoxy groups -OCH3 is 2. The van der Waals surface area contributed by atoms with Gasteiger partial charge in [0.2, 0.25) is 10.0 Å². The molecule has 2 aromatic rings. The normalized spacial score (nSPS) is 19.2. The van der Waals surface area contributed by atoms with E-state index in [1.54, 1.807) is 14.2 Å². The quantitative estimate of drug-likeness (QED) is 0.696. The number of aromatic nitrogens is 1. The van der Waals surface area contributed by atoms with Crippen LogP contribution < -0.4 is 9.54 Å². The van der Waals surface area contributed by atoms with E-state index >= 15 is 0 Å². The van der Waals surface area contributed by atoms with Crippen molar-refractivity contribution in [3.63, 3.8) is 0 Å². The zero-order chi connectivity index (χ0) is 20.3. The van der Waals surface area contributed by atoms with Crippen molar-refractivity contribution in [3.8, 4) is 5.75 Å². The summed E-state index contributed by atoms with van der Waals surface area (Å²) < 4.78 is 38.4. The van der Waals surface area contributed by atoms with Crippen LogP contribution in [0.25, 0.3) is 10.2 Å². The molecule has 8 nitrogen and oxygen atoms in total. The van der Waals surface area contributed by atoms with E-state index in [4.69, 9.17) is 9.47 Å². The van der Waals surface area contributed by atoms with Gasteiger partial charge in [-0.1, -0.05) is 11.3 Å². The first-order valence-corrected chi connectivity index (χ1v) is 11.7. The van der Waals surface area contributed by atoms with Crippen LogP contribution in [0, 0.1) is 5.92 Å². The average Bonchev–Trinajstić information content (AvgIpc) is 3.01. The number of thiazole rings is 1. The molecule has 0 saturated carbocycles. The number of hydrogen-bond donors (Lipinski definition) is 0. The highest BCUT2D eigenvalue weighted by Gasteiger charge is 2.30. The minimum Gasteiger partial charge on any atom is -0.497 e. The van der Waals surface area contributed by atoms with Gasteiger partial charge in [-0.05, 0) is 31.0 Å². The summed E-state index contributed by atoms with van der Waals surface area (Å²) in [6, 6.07) is 5.73. The molecule has 0 spiro atoms. The predicted molar refractivity (Wildman–Crippen MR) is 108 cm³/mol. The van der Waals surface area contributed by atoms with Crippen LogP contribution in [-0.4, -0.2) is 63.4 Å². The second-order valence-electron chi connectivity index (χ2n) is 6.77. The van der Waals surface area contributed by atoms with Gasteiger partial charge < -0.3 is 14.0 Å². The van der Waals surface area contributed by atoms with Gasteiger partial charge in [0.15, 0.2) is 4.80 Å². The van der Waals surface area contributed by atoms with E-state index in [0.717, 1.165) is 16.0 Å². The third kappa shape index (κ3) is 4.62. The Morgan fingerprint density at radius 3 is 2.82 bits per heavy atom. The van der Waals surface area contributed by atoms with Crippen molar-refractivity contribution in [2.24, 2.45) is 10.9 Å². The van der Waals surface area contributed by atoms with Crippen molar-refractivity contribution < 1.29 is 22.7 Å².